The average molecular weight is 305 g/mol. The first-order chi connectivity index (χ1) is 10.5. The molecule has 2 amide bonds. The normalized spacial score (nSPS) is 17.2. The lowest BCUT2D eigenvalue weighted by atomic mass is 10.1. The lowest BCUT2D eigenvalue weighted by Crippen LogP contribution is -2.40. The number of aliphatic hydroxyl groups is 1. The van der Waals surface area contributed by atoms with Crippen LogP contribution in [-0.4, -0.2) is 36.9 Å². The monoisotopic (exact) mass is 305 g/mol. The maximum atomic E-state index is 12.0. The van der Waals surface area contributed by atoms with Crippen molar-refractivity contribution in [2.75, 3.05) is 29.9 Å². The van der Waals surface area contributed by atoms with Crippen LogP contribution in [0, 0.1) is 12.8 Å². The van der Waals surface area contributed by atoms with Gasteiger partial charge in [0.25, 0.3) is 0 Å². The summed E-state index contributed by atoms with van der Waals surface area (Å²) in [6.45, 7) is 8.16. The SMILES string of the molecule is Cc1cc(NC(=O)N[C@@H](C)[C@@H](C)CO)ccc1N1CCCC1. The molecule has 1 saturated heterocycles. The molecule has 3 N–H and O–H groups in total. The van der Waals surface area contributed by atoms with Crippen LogP contribution in [0.5, 0.6) is 0 Å². The van der Waals surface area contributed by atoms with Crippen LogP contribution in [0.4, 0.5) is 16.2 Å². The first kappa shape index (κ1) is 16.6. The number of amides is 2. The van der Waals surface area contributed by atoms with E-state index in [1.807, 2.05) is 26.0 Å². The van der Waals surface area contributed by atoms with Crippen LogP contribution >= 0.6 is 0 Å². The molecule has 1 heterocycles. The fourth-order valence-corrected chi connectivity index (χ4v) is 2.72. The minimum Gasteiger partial charge on any atom is -0.396 e. The van der Waals surface area contributed by atoms with E-state index >= 15 is 0 Å². The van der Waals surface area contributed by atoms with Gasteiger partial charge in [-0.3, -0.25) is 0 Å². The Labute approximate surface area is 132 Å². The summed E-state index contributed by atoms with van der Waals surface area (Å²) in [6, 6.07) is 5.72. The van der Waals surface area contributed by atoms with Crippen LogP contribution in [0.15, 0.2) is 18.2 Å². The van der Waals surface area contributed by atoms with Crippen LogP contribution in [0.25, 0.3) is 0 Å². The number of carbonyl (C=O) groups is 1. The number of rotatable bonds is 5. The van der Waals surface area contributed by atoms with Gasteiger partial charge < -0.3 is 20.6 Å². The zero-order valence-corrected chi connectivity index (χ0v) is 13.7. The fourth-order valence-electron chi connectivity index (χ4n) is 2.72. The van der Waals surface area contributed by atoms with Gasteiger partial charge in [-0.1, -0.05) is 6.92 Å². The van der Waals surface area contributed by atoms with Gasteiger partial charge in [0, 0.05) is 37.1 Å². The molecule has 2 atom stereocenters. The second-order valence-electron chi connectivity index (χ2n) is 6.24. The maximum Gasteiger partial charge on any atom is 0.319 e. The Morgan fingerprint density at radius 2 is 2.00 bits per heavy atom. The molecule has 0 spiro atoms. The summed E-state index contributed by atoms with van der Waals surface area (Å²) in [4.78, 5) is 14.4. The molecule has 2 rings (SSSR count). The summed E-state index contributed by atoms with van der Waals surface area (Å²) in [5.74, 6) is 0.0324. The predicted molar refractivity (Wildman–Crippen MR) is 90.5 cm³/mol. The number of hydrogen-bond acceptors (Lipinski definition) is 3. The fraction of sp³-hybridized carbons (Fsp3) is 0.588. The van der Waals surface area contributed by atoms with E-state index in [0.29, 0.717) is 0 Å². The predicted octanol–water partition coefficient (Wildman–Crippen LogP) is 2.73. The minimum absolute atomic E-state index is 0.0324. The van der Waals surface area contributed by atoms with Gasteiger partial charge in [-0.15, -0.1) is 0 Å². The number of benzene rings is 1. The van der Waals surface area contributed by atoms with E-state index in [-0.39, 0.29) is 24.6 Å². The Hall–Kier alpha value is -1.75. The standard InChI is InChI=1S/C17H27N3O2/c1-12-10-15(6-7-16(12)20-8-4-5-9-20)19-17(22)18-14(3)13(2)11-21/h6-7,10,13-14,21H,4-5,8-9,11H2,1-3H3,(H2,18,19,22)/t13-,14-/m0/s1. The Kier molecular flexibility index (Phi) is 5.66. The van der Waals surface area contributed by atoms with Crippen LogP contribution in [0.1, 0.15) is 32.3 Å². The number of hydrogen-bond donors (Lipinski definition) is 3. The van der Waals surface area contributed by atoms with Gasteiger partial charge in [0.1, 0.15) is 0 Å². The highest BCUT2D eigenvalue weighted by atomic mass is 16.3. The third kappa shape index (κ3) is 4.13. The van der Waals surface area contributed by atoms with Crippen molar-refractivity contribution in [2.45, 2.75) is 39.7 Å². The third-order valence-electron chi connectivity index (χ3n) is 4.40. The topological polar surface area (TPSA) is 64.6 Å². The molecule has 1 fully saturated rings. The van der Waals surface area contributed by atoms with Gasteiger partial charge in [0.05, 0.1) is 0 Å². The van der Waals surface area contributed by atoms with Gasteiger partial charge in [0.15, 0.2) is 0 Å². The molecule has 1 aliphatic rings. The van der Waals surface area contributed by atoms with E-state index in [1.165, 1.54) is 24.1 Å². The molecular weight excluding hydrogens is 278 g/mol. The Bertz CT molecular complexity index is 513. The zero-order chi connectivity index (χ0) is 16.1. The Morgan fingerprint density at radius 1 is 1.32 bits per heavy atom. The molecule has 0 saturated carbocycles. The van der Waals surface area contributed by atoms with Crippen molar-refractivity contribution in [3.63, 3.8) is 0 Å². The minimum atomic E-state index is -0.235. The van der Waals surface area contributed by atoms with E-state index in [4.69, 9.17) is 5.11 Å². The second kappa shape index (κ2) is 7.49. The maximum absolute atomic E-state index is 12.0. The highest BCUT2D eigenvalue weighted by molar-refractivity contribution is 5.89. The van der Waals surface area contributed by atoms with Crippen LogP contribution in [0.3, 0.4) is 0 Å². The van der Waals surface area contributed by atoms with Crippen molar-refractivity contribution >= 4 is 17.4 Å². The molecular formula is C17H27N3O2. The third-order valence-corrected chi connectivity index (χ3v) is 4.40. The van der Waals surface area contributed by atoms with Gasteiger partial charge in [-0.05, 0) is 56.4 Å². The Balaban J connectivity index is 1.95. The largest absolute Gasteiger partial charge is 0.396 e. The molecule has 1 aliphatic heterocycles. The number of urea groups is 1. The number of aryl methyl sites for hydroxylation is 1. The molecule has 0 bridgehead atoms. The van der Waals surface area contributed by atoms with Crippen LogP contribution in [-0.2, 0) is 0 Å². The van der Waals surface area contributed by atoms with Crippen molar-refractivity contribution in [3.05, 3.63) is 23.8 Å². The number of nitrogens with one attached hydrogen (secondary N) is 2. The summed E-state index contributed by atoms with van der Waals surface area (Å²) in [6.07, 6.45) is 2.51. The molecule has 22 heavy (non-hydrogen) atoms. The van der Waals surface area contributed by atoms with Crippen LogP contribution < -0.4 is 15.5 Å². The van der Waals surface area contributed by atoms with Crippen LogP contribution in [0.2, 0.25) is 0 Å². The molecule has 1 aromatic carbocycles. The first-order valence-electron chi connectivity index (χ1n) is 8.05. The molecule has 5 nitrogen and oxygen atoms in total. The van der Waals surface area contributed by atoms with Crippen molar-refractivity contribution in [3.8, 4) is 0 Å². The molecule has 122 valence electrons. The second-order valence-corrected chi connectivity index (χ2v) is 6.24. The summed E-state index contributed by atoms with van der Waals surface area (Å²) < 4.78 is 0. The quantitative estimate of drug-likeness (QED) is 0.784. The van der Waals surface area contributed by atoms with Crippen molar-refractivity contribution in [1.29, 1.82) is 0 Å². The first-order valence-corrected chi connectivity index (χ1v) is 8.05. The van der Waals surface area contributed by atoms with E-state index in [9.17, 15) is 4.79 Å². The molecule has 5 heteroatoms. The smallest absolute Gasteiger partial charge is 0.319 e. The summed E-state index contributed by atoms with van der Waals surface area (Å²) in [5, 5.41) is 14.8. The lowest BCUT2D eigenvalue weighted by molar-refractivity contribution is 0.204. The highest BCUT2D eigenvalue weighted by Crippen LogP contribution is 2.26. The van der Waals surface area contributed by atoms with E-state index < -0.39 is 0 Å². The number of aliphatic hydroxyl groups excluding tert-OH is 1. The molecule has 0 aliphatic carbocycles. The molecule has 0 unspecified atom stereocenters. The number of anilines is 2. The highest BCUT2D eigenvalue weighted by Gasteiger charge is 2.16. The van der Waals surface area contributed by atoms with Gasteiger partial charge in [0.2, 0.25) is 0 Å². The zero-order valence-electron chi connectivity index (χ0n) is 13.7. The Morgan fingerprint density at radius 3 is 2.59 bits per heavy atom. The molecule has 0 radical (unpaired) electrons. The summed E-state index contributed by atoms with van der Waals surface area (Å²) in [5.41, 5.74) is 3.23. The van der Waals surface area contributed by atoms with Crippen molar-refractivity contribution in [2.24, 2.45) is 5.92 Å². The summed E-state index contributed by atoms with van der Waals surface area (Å²) >= 11 is 0. The van der Waals surface area contributed by atoms with Crippen molar-refractivity contribution in [1.82, 2.24) is 5.32 Å². The van der Waals surface area contributed by atoms with Gasteiger partial charge >= 0.3 is 6.03 Å². The number of nitrogens with zero attached hydrogens (tertiary/aromatic N) is 1. The van der Waals surface area contributed by atoms with E-state index in [0.717, 1.165) is 18.8 Å². The van der Waals surface area contributed by atoms with E-state index in [1.54, 1.807) is 0 Å². The van der Waals surface area contributed by atoms with Crippen molar-refractivity contribution < 1.29 is 9.90 Å². The van der Waals surface area contributed by atoms with Gasteiger partial charge in [-0.2, -0.15) is 0 Å². The molecule has 1 aromatic rings. The average Bonchev–Trinajstić information content (AvgIpc) is 3.00. The van der Waals surface area contributed by atoms with Gasteiger partial charge in [-0.25, -0.2) is 4.79 Å². The molecule has 0 aromatic heterocycles. The van der Waals surface area contributed by atoms with E-state index in [2.05, 4.69) is 28.5 Å². The summed E-state index contributed by atoms with van der Waals surface area (Å²) in [7, 11) is 0. The lowest BCUT2D eigenvalue weighted by Gasteiger charge is -2.22. The number of carbonyl (C=O) groups excluding carboxylic acids is 1.